The summed E-state index contributed by atoms with van der Waals surface area (Å²) in [5, 5.41) is 3.94. The summed E-state index contributed by atoms with van der Waals surface area (Å²) in [6, 6.07) is 14.0. The van der Waals surface area contributed by atoms with Crippen LogP contribution in [0, 0.1) is 0 Å². The molecule has 2 nitrogen and oxygen atoms in total. The van der Waals surface area contributed by atoms with Crippen LogP contribution in [-0.4, -0.2) is 6.54 Å². The van der Waals surface area contributed by atoms with Gasteiger partial charge in [0.15, 0.2) is 0 Å². The molecule has 0 fully saturated rings. The second-order valence-corrected chi connectivity index (χ2v) is 5.02. The zero-order valence-corrected chi connectivity index (χ0v) is 12.7. The number of nitrogens with one attached hydrogen (secondary N) is 1. The van der Waals surface area contributed by atoms with Gasteiger partial charge in [0, 0.05) is 12.1 Å². The molecule has 20 heavy (non-hydrogen) atoms. The van der Waals surface area contributed by atoms with Crippen molar-refractivity contribution >= 4 is 11.6 Å². The highest BCUT2D eigenvalue weighted by atomic mass is 35.5. The highest BCUT2D eigenvalue weighted by molar-refractivity contribution is 6.32. The summed E-state index contributed by atoms with van der Waals surface area (Å²) in [6.45, 7) is 5.88. The van der Waals surface area contributed by atoms with Gasteiger partial charge >= 0.3 is 0 Å². The predicted octanol–water partition coefficient (Wildman–Crippen LogP) is 4.80. The minimum absolute atomic E-state index is 0.639. The van der Waals surface area contributed by atoms with E-state index in [1.807, 2.05) is 30.3 Å². The van der Waals surface area contributed by atoms with E-state index in [2.05, 4.69) is 31.3 Å². The standard InChI is InChI=1S/C17H20ClNO/c1-3-13-8-10-15(11-9-13)20-17-14(12-19-4-2)6-5-7-16(17)18/h5-11,19H,3-4,12H2,1-2H3. The third-order valence-electron chi connectivity index (χ3n) is 3.17. The molecule has 1 N–H and O–H groups in total. The van der Waals surface area contributed by atoms with Crippen molar-refractivity contribution in [2.75, 3.05) is 6.54 Å². The third-order valence-corrected chi connectivity index (χ3v) is 3.46. The van der Waals surface area contributed by atoms with E-state index < -0.39 is 0 Å². The number of hydrogen-bond acceptors (Lipinski definition) is 2. The first-order chi connectivity index (χ1) is 9.74. The van der Waals surface area contributed by atoms with Crippen LogP contribution in [0.15, 0.2) is 42.5 Å². The second-order valence-electron chi connectivity index (χ2n) is 4.61. The van der Waals surface area contributed by atoms with Crippen LogP contribution in [0.4, 0.5) is 0 Å². The molecule has 0 radical (unpaired) electrons. The number of aryl methyl sites for hydroxylation is 1. The van der Waals surface area contributed by atoms with Gasteiger partial charge in [0.05, 0.1) is 5.02 Å². The van der Waals surface area contributed by atoms with Gasteiger partial charge in [0.1, 0.15) is 11.5 Å². The van der Waals surface area contributed by atoms with Gasteiger partial charge < -0.3 is 10.1 Å². The fourth-order valence-electron chi connectivity index (χ4n) is 1.98. The summed E-state index contributed by atoms with van der Waals surface area (Å²) in [6.07, 6.45) is 1.03. The topological polar surface area (TPSA) is 21.3 Å². The lowest BCUT2D eigenvalue weighted by Crippen LogP contribution is -2.12. The van der Waals surface area contributed by atoms with E-state index in [1.165, 1.54) is 5.56 Å². The Morgan fingerprint density at radius 3 is 2.45 bits per heavy atom. The van der Waals surface area contributed by atoms with Crippen LogP contribution in [0.3, 0.4) is 0 Å². The highest BCUT2D eigenvalue weighted by Gasteiger charge is 2.09. The maximum Gasteiger partial charge on any atom is 0.150 e. The molecular formula is C17H20ClNO. The van der Waals surface area contributed by atoms with E-state index in [0.29, 0.717) is 5.02 Å². The van der Waals surface area contributed by atoms with Crippen LogP contribution >= 0.6 is 11.6 Å². The molecule has 2 rings (SSSR count). The van der Waals surface area contributed by atoms with Gasteiger partial charge in [-0.25, -0.2) is 0 Å². The van der Waals surface area contributed by atoms with Crippen LogP contribution in [-0.2, 0) is 13.0 Å². The van der Waals surface area contributed by atoms with Crippen molar-refractivity contribution in [2.24, 2.45) is 0 Å². The molecule has 3 heteroatoms. The molecular weight excluding hydrogens is 270 g/mol. The quantitative estimate of drug-likeness (QED) is 0.824. The number of halogens is 1. The number of rotatable bonds is 6. The number of benzene rings is 2. The van der Waals surface area contributed by atoms with Gasteiger partial charge in [-0.3, -0.25) is 0 Å². The van der Waals surface area contributed by atoms with E-state index in [9.17, 15) is 0 Å². The van der Waals surface area contributed by atoms with Gasteiger partial charge in [-0.05, 0) is 36.7 Å². The molecule has 0 aromatic heterocycles. The van der Waals surface area contributed by atoms with Crippen LogP contribution in [0.2, 0.25) is 5.02 Å². The minimum atomic E-state index is 0.639. The van der Waals surface area contributed by atoms with Gasteiger partial charge in [-0.1, -0.05) is 49.7 Å². The van der Waals surface area contributed by atoms with E-state index in [0.717, 1.165) is 36.6 Å². The number of para-hydroxylation sites is 1. The molecule has 0 amide bonds. The molecule has 106 valence electrons. The first-order valence-electron chi connectivity index (χ1n) is 6.99. The highest BCUT2D eigenvalue weighted by Crippen LogP contribution is 2.33. The second kappa shape index (κ2) is 7.32. The van der Waals surface area contributed by atoms with Gasteiger partial charge in [-0.2, -0.15) is 0 Å². The largest absolute Gasteiger partial charge is 0.455 e. The summed E-state index contributed by atoms with van der Waals surface area (Å²) < 4.78 is 5.96. The van der Waals surface area contributed by atoms with Crippen LogP contribution < -0.4 is 10.1 Å². The van der Waals surface area contributed by atoms with E-state index >= 15 is 0 Å². The Hall–Kier alpha value is -1.51. The van der Waals surface area contributed by atoms with Crippen molar-refractivity contribution in [1.29, 1.82) is 0 Å². The maximum atomic E-state index is 6.26. The zero-order chi connectivity index (χ0) is 14.4. The number of hydrogen-bond donors (Lipinski definition) is 1. The Labute approximate surface area is 125 Å². The fraction of sp³-hybridized carbons (Fsp3) is 0.294. The zero-order valence-electron chi connectivity index (χ0n) is 11.9. The Morgan fingerprint density at radius 1 is 1.05 bits per heavy atom. The molecule has 0 heterocycles. The summed E-state index contributed by atoms with van der Waals surface area (Å²) in [5.74, 6) is 1.55. The summed E-state index contributed by atoms with van der Waals surface area (Å²) >= 11 is 6.26. The lowest BCUT2D eigenvalue weighted by atomic mass is 10.1. The van der Waals surface area contributed by atoms with E-state index in [4.69, 9.17) is 16.3 Å². The SMILES string of the molecule is CCNCc1cccc(Cl)c1Oc1ccc(CC)cc1. The van der Waals surface area contributed by atoms with Crippen molar-refractivity contribution in [3.8, 4) is 11.5 Å². The van der Waals surface area contributed by atoms with Crippen molar-refractivity contribution in [1.82, 2.24) is 5.32 Å². The molecule has 0 saturated carbocycles. The average molecular weight is 290 g/mol. The van der Waals surface area contributed by atoms with E-state index in [-0.39, 0.29) is 0 Å². The molecule has 0 saturated heterocycles. The van der Waals surface area contributed by atoms with Gasteiger partial charge in [0.25, 0.3) is 0 Å². The Morgan fingerprint density at radius 2 is 1.80 bits per heavy atom. The first kappa shape index (κ1) is 14.9. The molecule has 0 atom stereocenters. The maximum absolute atomic E-state index is 6.26. The predicted molar refractivity (Wildman–Crippen MR) is 84.7 cm³/mol. The lowest BCUT2D eigenvalue weighted by Gasteiger charge is -2.13. The van der Waals surface area contributed by atoms with Crippen LogP contribution in [0.5, 0.6) is 11.5 Å². The Balaban J connectivity index is 2.22. The molecule has 2 aromatic rings. The fourth-order valence-corrected chi connectivity index (χ4v) is 2.21. The molecule has 0 unspecified atom stereocenters. The summed E-state index contributed by atoms with van der Waals surface area (Å²) in [4.78, 5) is 0. The lowest BCUT2D eigenvalue weighted by molar-refractivity contribution is 0.473. The van der Waals surface area contributed by atoms with Crippen LogP contribution in [0.25, 0.3) is 0 Å². The molecule has 0 aliphatic carbocycles. The summed E-state index contributed by atoms with van der Waals surface area (Å²) in [5.41, 5.74) is 2.36. The molecule has 0 spiro atoms. The monoisotopic (exact) mass is 289 g/mol. The summed E-state index contributed by atoms with van der Waals surface area (Å²) in [7, 11) is 0. The molecule has 0 aliphatic rings. The molecule has 0 aliphatic heterocycles. The minimum Gasteiger partial charge on any atom is -0.455 e. The number of ether oxygens (including phenoxy) is 1. The molecule has 2 aromatic carbocycles. The van der Waals surface area contributed by atoms with Gasteiger partial charge in [0.2, 0.25) is 0 Å². The van der Waals surface area contributed by atoms with Crippen molar-refractivity contribution in [2.45, 2.75) is 26.8 Å². The normalized spacial score (nSPS) is 10.6. The van der Waals surface area contributed by atoms with Crippen molar-refractivity contribution in [3.05, 3.63) is 58.6 Å². The van der Waals surface area contributed by atoms with E-state index in [1.54, 1.807) is 0 Å². The smallest absolute Gasteiger partial charge is 0.150 e. The van der Waals surface area contributed by atoms with Gasteiger partial charge in [-0.15, -0.1) is 0 Å². The van der Waals surface area contributed by atoms with Crippen molar-refractivity contribution in [3.63, 3.8) is 0 Å². The Bertz CT molecular complexity index is 551. The average Bonchev–Trinajstić information content (AvgIpc) is 2.48. The third kappa shape index (κ3) is 3.75. The first-order valence-corrected chi connectivity index (χ1v) is 7.37. The Kier molecular flexibility index (Phi) is 5.45. The van der Waals surface area contributed by atoms with Crippen LogP contribution in [0.1, 0.15) is 25.0 Å². The molecule has 0 bridgehead atoms. The van der Waals surface area contributed by atoms with Crippen molar-refractivity contribution < 1.29 is 4.74 Å².